The number of hydrogen-bond donors (Lipinski definition) is 2. The van der Waals surface area contributed by atoms with Crippen molar-refractivity contribution < 1.29 is 24.5 Å². The fourth-order valence-corrected chi connectivity index (χ4v) is 3.26. The zero-order chi connectivity index (χ0) is 20.0. The number of fused-ring (bicyclic) bond motifs is 1. The second kappa shape index (κ2) is 9.19. The molecule has 27 heavy (non-hydrogen) atoms. The molecule has 0 heterocycles. The molecule has 0 spiro atoms. The average Bonchev–Trinajstić information content (AvgIpc) is 2.94. The van der Waals surface area contributed by atoms with Crippen LogP contribution in [0.5, 0.6) is 5.75 Å². The van der Waals surface area contributed by atoms with Crippen LogP contribution >= 0.6 is 0 Å². The molecule has 6 nitrogen and oxygen atoms in total. The third kappa shape index (κ3) is 5.56. The fraction of sp³-hybridized carbons (Fsp3) is 0.333. The molecule has 2 atom stereocenters. The number of aryl methyl sites for hydroxylation is 1. The Morgan fingerprint density at radius 1 is 1.04 bits per heavy atom. The van der Waals surface area contributed by atoms with E-state index in [-0.39, 0.29) is 6.10 Å². The van der Waals surface area contributed by atoms with E-state index in [4.69, 9.17) is 24.5 Å². The number of para-hydroxylation sites is 1. The van der Waals surface area contributed by atoms with Crippen LogP contribution in [0.25, 0.3) is 0 Å². The highest BCUT2D eigenvalue weighted by atomic mass is 16.5. The predicted octanol–water partition coefficient (Wildman–Crippen LogP) is 3.00. The van der Waals surface area contributed by atoms with Crippen LogP contribution in [0.2, 0.25) is 0 Å². The number of hydrogen-bond acceptors (Lipinski definition) is 4. The van der Waals surface area contributed by atoms with Gasteiger partial charge in [-0.3, -0.25) is 0 Å². The van der Waals surface area contributed by atoms with Gasteiger partial charge in [-0.15, -0.1) is 0 Å². The van der Waals surface area contributed by atoms with Crippen LogP contribution in [-0.2, 0) is 16.0 Å². The number of rotatable bonds is 4. The van der Waals surface area contributed by atoms with Gasteiger partial charge in [0.2, 0.25) is 0 Å². The van der Waals surface area contributed by atoms with Crippen molar-refractivity contribution in [3.8, 4) is 5.75 Å². The normalized spacial score (nSPS) is 17.6. The first kappa shape index (κ1) is 20.5. The molecule has 1 aliphatic carbocycles. The van der Waals surface area contributed by atoms with E-state index in [1.807, 2.05) is 6.07 Å². The van der Waals surface area contributed by atoms with Crippen molar-refractivity contribution in [1.29, 1.82) is 0 Å². The fourth-order valence-electron chi connectivity index (χ4n) is 3.26. The van der Waals surface area contributed by atoms with Gasteiger partial charge >= 0.3 is 11.9 Å². The van der Waals surface area contributed by atoms with Crippen LogP contribution < -0.4 is 4.74 Å². The maximum Gasteiger partial charge on any atom is 0.414 e. The topological polar surface area (TPSA) is 87.1 Å². The molecule has 6 heteroatoms. The van der Waals surface area contributed by atoms with Crippen molar-refractivity contribution in [2.24, 2.45) is 5.92 Å². The molecule has 1 aliphatic rings. The van der Waals surface area contributed by atoms with Crippen molar-refractivity contribution in [1.82, 2.24) is 4.90 Å². The first-order valence-corrected chi connectivity index (χ1v) is 8.70. The summed E-state index contributed by atoms with van der Waals surface area (Å²) in [5.74, 6) is -2.13. The minimum atomic E-state index is -1.82. The Labute approximate surface area is 159 Å². The standard InChI is InChI=1S/C19H23NO.C2H2O4/c1-14-8-4-7-11-18(14)21-19-16(13-20(2)3)12-15-9-5-6-10-17(15)19;3-1(4)2(5)6/h4-11,16,19H,12-13H2,1-3H3;(H,3,4)(H,5,6)/t16-,19+;/m1./s1. The van der Waals surface area contributed by atoms with Gasteiger partial charge in [-0.1, -0.05) is 42.5 Å². The van der Waals surface area contributed by atoms with E-state index >= 15 is 0 Å². The van der Waals surface area contributed by atoms with Crippen molar-refractivity contribution >= 4 is 11.9 Å². The van der Waals surface area contributed by atoms with Crippen molar-refractivity contribution in [2.45, 2.75) is 19.4 Å². The van der Waals surface area contributed by atoms with Gasteiger partial charge in [0.1, 0.15) is 11.9 Å². The van der Waals surface area contributed by atoms with Gasteiger partial charge in [0.05, 0.1) is 0 Å². The molecule has 0 fully saturated rings. The minimum absolute atomic E-state index is 0.157. The zero-order valence-electron chi connectivity index (χ0n) is 15.8. The number of nitrogens with zero attached hydrogens (tertiary/aromatic N) is 1. The summed E-state index contributed by atoms with van der Waals surface area (Å²) in [5, 5.41) is 14.8. The van der Waals surface area contributed by atoms with E-state index in [9.17, 15) is 0 Å². The number of carboxylic acid groups (broad SMARTS) is 2. The summed E-state index contributed by atoms with van der Waals surface area (Å²) >= 11 is 0. The molecule has 0 aromatic heterocycles. The number of aliphatic carboxylic acids is 2. The Hall–Kier alpha value is -2.86. The van der Waals surface area contributed by atoms with Crippen LogP contribution in [-0.4, -0.2) is 47.7 Å². The van der Waals surface area contributed by atoms with E-state index in [2.05, 4.69) is 68.4 Å². The summed E-state index contributed by atoms with van der Waals surface area (Å²) < 4.78 is 6.42. The molecule has 0 saturated heterocycles. The molecule has 0 unspecified atom stereocenters. The monoisotopic (exact) mass is 371 g/mol. The molecular weight excluding hydrogens is 346 g/mol. The maximum atomic E-state index is 9.10. The van der Waals surface area contributed by atoms with Crippen molar-refractivity contribution in [3.05, 3.63) is 65.2 Å². The zero-order valence-corrected chi connectivity index (χ0v) is 15.8. The smallest absolute Gasteiger partial charge is 0.414 e. The molecule has 2 aromatic rings. The van der Waals surface area contributed by atoms with Crippen LogP contribution in [0.4, 0.5) is 0 Å². The molecule has 0 amide bonds. The molecule has 2 N–H and O–H groups in total. The Bertz CT molecular complexity index is 791. The number of carboxylic acids is 2. The number of benzene rings is 2. The third-order valence-electron chi connectivity index (χ3n) is 4.40. The molecule has 3 rings (SSSR count). The van der Waals surface area contributed by atoms with Crippen LogP contribution in [0.1, 0.15) is 22.8 Å². The Kier molecular flexibility index (Phi) is 6.96. The summed E-state index contributed by atoms with van der Waals surface area (Å²) in [7, 11) is 4.27. The summed E-state index contributed by atoms with van der Waals surface area (Å²) in [6.07, 6.45) is 1.26. The van der Waals surface area contributed by atoms with Crippen LogP contribution in [0.15, 0.2) is 48.5 Å². The van der Waals surface area contributed by atoms with E-state index in [0.29, 0.717) is 5.92 Å². The van der Waals surface area contributed by atoms with Crippen molar-refractivity contribution in [2.75, 3.05) is 20.6 Å². The van der Waals surface area contributed by atoms with Gasteiger partial charge < -0.3 is 19.8 Å². The van der Waals surface area contributed by atoms with Gasteiger partial charge in [0.15, 0.2) is 0 Å². The van der Waals surface area contributed by atoms with E-state index in [1.54, 1.807) is 0 Å². The summed E-state index contributed by atoms with van der Waals surface area (Å²) in [6, 6.07) is 17.0. The highest BCUT2D eigenvalue weighted by Crippen LogP contribution is 2.40. The van der Waals surface area contributed by atoms with Crippen molar-refractivity contribution in [3.63, 3.8) is 0 Å². The first-order chi connectivity index (χ1) is 12.8. The predicted molar refractivity (Wildman–Crippen MR) is 102 cm³/mol. The van der Waals surface area contributed by atoms with Gasteiger partial charge in [0, 0.05) is 12.5 Å². The molecule has 144 valence electrons. The van der Waals surface area contributed by atoms with Crippen LogP contribution in [0, 0.1) is 12.8 Å². The number of ether oxygens (including phenoxy) is 1. The van der Waals surface area contributed by atoms with Gasteiger partial charge in [0.25, 0.3) is 0 Å². The molecule has 0 radical (unpaired) electrons. The lowest BCUT2D eigenvalue weighted by Crippen LogP contribution is -2.27. The van der Waals surface area contributed by atoms with Gasteiger partial charge in [-0.2, -0.15) is 0 Å². The molecule has 0 saturated carbocycles. The minimum Gasteiger partial charge on any atom is -0.485 e. The lowest BCUT2D eigenvalue weighted by atomic mass is 10.0. The van der Waals surface area contributed by atoms with E-state index < -0.39 is 11.9 Å². The Morgan fingerprint density at radius 3 is 2.22 bits per heavy atom. The molecule has 0 bridgehead atoms. The lowest BCUT2D eigenvalue weighted by molar-refractivity contribution is -0.159. The largest absolute Gasteiger partial charge is 0.485 e. The Morgan fingerprint density at radius 2 is 1.63 bits per heavy atom. The summed E-state index contributed by atoms with van der Waals surface area (Å²) in [4.78, 5) is 20.5. The second-order valence-electron chi connectivity index (χ2n) is 6.84. The second-order valence-corrected chi connectivity index (χ2v) is 6.84. The first-order valence-electron chi connectivity index (χ1n) is 8.70. The molecule has 0 aliphatic heterocycles. The third-order valence-corrected chi connectivity index (χ3v) is 4.40. The van der Waals surface area contributed by atoms with Gasteiger partial charge in [-0.05, 0) is 50.2 Å². The Balaban J connectivity index is 0.000000380. The van der Waals surface area contributed by atoms with E-state index in [1.165, 1.54) is 16.7 Å². The average molecular weight is 371 g/mol. The number of carbonyl (C=O) groups is 2. The van der Waals surface area contributed by atoms with E-state index in [0.717, 1.165) is 18.7 Å². The molecular formula is C21H25NO5. The summed E-state index contributed by atoms with van der Waals surface area (Å²) in [5.41, 5.74) is 3.99. The van der Waals surface area contributed by atoms with Gasteiger partial charge in [-0.25, -0.2) is 9.59 Å². The summed E-state index contributed by atoms with van der Waals surface area (Å²) in [6.45, 7) is 3.16. The highest BCUT2D eigenvalue weighted by molar-refractivity contribution is 6.27. The molecule has 2 aromatic carbocycles. The lowest BCUT2D eigenvalue weighted by Gasteiger charge is -2.25. The SMILES string of the molecule is Cc1ccccc1O[C@@H]1c2ccccc2C[C@@H]1CN(C)C.O=C(O)C(=O)O. The van der Waals surface area contributed by atoms with Crippen LogP contribution in [0.3, 0.4) is 0 Å². The maximum absolute atomic E-state index is 9.10. The quantitative estimate of drug-likeness (QED) is 0.804. The highest BCUT2D eigenvalue weighted by Gasteiger charge is 2.34.